The van der Waals surface area contributed by atoms with E-state index in [9.17, 15) is 10.1 Å². The van der Waals surface area contributed by atoms with Crippen LogP contribution in [0.4, 0.5) is 5.95 Å². The van der Waals surface area contributed by atoms with Gasteiger partial charge in [0.15, 0.2) is 0 Å². The van der Waals surface area contributed by atoms with Gasteiger partial charge in [0.2, 0.25) is 0 Å². The molecule has 0 radical (unpaired) electrons. The lowest BCUT2D eigenvalue weighted by atomic mass is 10.6. The highest BCUT2D eigenvalue weighted by Crippen LogP contribution is 2.06. The van der Waals surface area contributed by atoms with Crippen LogP contribution >= 0.6 is 0 Å². The Morgan fingerprint density at radius 3 is 3.19 bits per heavy atom. The molecule has 0 aliphatic rings. The molecule has 0 bridgehead atoms. The SMILES string of the molecule is [N-]=[N+]=NCCOCCn1ccnc1[N+](=O)[O-]. The van der Waals surface area contributed by atoms with Crippen LogP contribution in [0, 0.1) is 10.1 Å². The van der Waals surface area contributed by atoms with Gasteiger partial charge < -0.3 is 14.9 Å². The molecule has 0 atom stereocenters. The first-order valence-electron chi connectivity index (χ1n) is 4.50. The first-order valence-corrected chi connectivity index (χ1v) is 4.50. The average molecular weight is 226 g/mol. The summed E-state index contributed by atoms with van der Waals surface area (Å²) in [6.07, 6.45) is 2.87. The summed E-state index contributed by atoms with van der Waals surface area (Å²) in [7, 11) is 0. The Morgan fingerprint density at radius 2 is 2.50 bits per heavy atom. The zero-order valence-corrected chi connectivity index (χ0v) is 8.39. The van der Waals surface area contributed by atoms with Crippen LogP contribution in [0.3, 0.4) is 0 Å². The Morgan fingerprint density at radius 1 is 1.69 bits per heavy atom. The molecule has 1 rings (SSSR count). The van der Waals surface area contributed by atoms with Crippen LogP contribution in [0.1, 0.15) is 0 Å². The highest BCUT2D eigenvalue weighted by atomic mass is 16.6. The predicted octanol–water partition coefficient (Wildman–Crippen LogP) is 1.12. The van der Waals surface area contributed by atoms with Crippen molar-refractivity contribution in [1.29, 1.82) is 0 Å². The maximum atomic E-state index is 10.5. The van der Waals surface area contributed by atoms with E-state index in [1.807, 2.05) is 0 Å². The molecule has 0 saturated heterocycles. The maximum absolute atomic E-state index is 10.5. The van der Waals surface area contributed by atoms with E-state index < -0.39 is 4.92 Å². The van der Waals surface area contributed by atoms with E-state index in [1.54, 1.807) is 0 Å². The number of rotatable bonds is 7. The van der Waals surface area contributed by atoms with Crippen LogP contribution < -0.4 is 0 Å². The third-order valence-corrected chi connectivity index (χ3v) is 1.73. The number of hydrogen-bond acceptors (Lipinski definition) is 5. The van der Waals surface area contributed by atoms with Gasteiger partial charge in [0.25, 0.3) is 0 Å². The second-order valence-corrected chi connectivity index (χ2v) is 2.74. The minimum atomic E-state index is -0.556. The number of hydrogen-bond donors (Lipinski definition) is 0. The zero-order valence-electron chi connectivity index (χ0n) is 8.39. The second-order valence-electron chi connectivity index (χ2n) is 2.74. The van der Waals surface area contributed by atoms with Gasteiger partial charge in [-0.05, 0) is 10.5 Å². The quantitative estimate of drug-likeness (QED) is 0.173. The lowest BCUT2D eigenvalue weighted by Crippen LogP contribution is -2.09. The van der Waals surface area contributed by atoms with Crippen LogP contribution in [0.2, 0.25) is 0 Å². The Labute approximate surface area is 90.4 Å². The van der Waals surface area contributed by atoms with Crippen molar-refractivity contribution in [2.24, 2.45) is 5.11 Å². The molecule has 0 fully saturated rings. The van der Waals surface area contributed by atoms with Gasteiger partial charge in [0.05, 0.1) is 19.8 Å². The highest BCUT2D eigenvalue weighted by molar-refractivity contribution is 5.06. The fraction of sp³-hybridized carbons (Fsp3) is 0.571. The fourth-order valence-corrected chi connectivity index (χ4v) is 1.06. The molecule has 1 heterocycles. The van der Waals surface area contributed by atoms with Crippen LogP contribution in [0.5, 0.6) is 0 Å². The van der Waals surface area contributed by atoms with Crippen molar-refractivity contribution < 1.29 is 9.66 Å². The lowest BCUT2D eigenvalue weighted by Gasteiger charge is -2.02. The van der Waals surface area contributed by atoms with Gasteiger partial charge in [-0.3, -0.25) is 0 Å². The normalized spacial score (nSPS) is 9.75. The minimum absolute atomic E-state index is 0.210. The number of ether oxygens (including phenoxy) is 1. The molecule has 0 aliphatic carbocycles. The van der Waals surface area contributed by atoms with E-state index in [0.29, 0.717) is 19.8 Å². The van der Waals surface area contributed by atoms with Crippen LogP contribution in [0.15, 0.2) is 17.5 Å². The van der Waals surface area contributed by atoms with E-state index in [1.165, 1.54) is 17.0 Å². The average Bonchev–Trinajstić information content (AvgIpc) is 2.71. The van der Waals surface area contributed by atoms with Crippen molar-refractivity contribution in [3.8, 4) is 0 Å². The molecule has 0 N–H and O–H groups in total. The Bertz CT molecular complexity index is 397. The van der Waals surface area contributed by atoms with Crippen molar-refractivity contribution in [2.45, 2.75) is 6.54 Å². The summed E-state index contributed by atoms with van der Waals surface area (Å²) >= 11 is 0. The van der Waals surface area contributed by atoms with E-state index in [-0.39, 0.29) is 12.5 Å². The van der Waals surface area contributed by atoms with Gasteiger partial charge in [-0.25, -0.2) is 4.57 Å². The summed E-state index contributed by atoms with van der Waals surface area (Å²) in [6, 6.07) is 0. The minimum Gasteiger partial charge on any atom is -0.390 e. The predicted molar refractivity (Wildman–Crippen MR) is 53.7 cm³/mol. The van der Waals surface area contributed by atoms with Crippen LogP contribution in [-0.4, -0.2) is 34.2 Å². The molecular weight excluding hydrogens is 216 g/mol. The smallest absolute Gasteiger partial charge is 0.390 e. The number of nitro groups is 1. The molecule has 16 heavy (non-hydrogen) atoms. The molecule has 9 heteroatoms. The van der Waals surface area contributed by atoms with E-state index in [4.69, 9.17) is 10.3 Å². The standard InChI is InChI=1S/C7H10N6O3/c8-11-10-2-5-16-6-4-12-3-1-9-7(12)13(14)15/h1,3H,2,4-6H2. The van der Waals surface area contributed by atoms with Crippen LogP contribution in [0.25, 0.3) is 10.4 Å². The molecule has 9 nitrogen and oxygen atoms in total. The zero-order chi connectivity index (χ0) is 11.8. The summed E-state index contributed by atoms with van der Waals surface area (Å²) in [6.45, 7) is 1.19. The van der Waals surface area contributed by atoms with Crippen molar-refractivity contribution in [3.05, 3.63) is 33.0 Å². The van der Waals surface area contributed by atoms with Gasteiger partial charge in [0.1, 0.15) is 12.4 Å². The molecule has 86 valence electrons. The third kappa shape index (κ3) is 3.56. The largest absolute Gasteiger partial charge is 0.434 e. The summed E-state index contributed by atoms with van der Waals surface area (Å²) in [5.41, 5.74) is 7.99. The highest BCUT2D eigenvalue weighted by Gasteiger charge is 2.12. The Hall–Kier alpha value is -2.12. The second kappa shape index (κ2) is 6.38. The van der Waals surface area contributed by atoms with Crippen LogP contribution in [-0.2, 0) is 11.3 Å². The van der Waals surface area contributed by atoms with Gasteiger partial charge in [-0.1, -0.05) is 10.1 Å². The number of azide groups is 1. The van der Waals surface area contributed by atoms with Gasteiger partial charge in [0, 0.05) is 11.5 Å². The summed E-state index contributed by atoms with van der Waals surface area (Å²) in [5.74, 6) is -0.210. The summed E-state index contributed by atoms with van der Waals surface area (Å²) in [4.78, 5) is 16.1. The number of aromatic nitrogens is 2. The van der Waals surface area contributed by atoms with Crippen molar-refractivity contribution >= 4 is 5.95 Å². The molecule has 0 spiro atoms. The first-order chi connectivity index (χ1) is 7.75. The summed E-state index contributed by atoms with van der Waals surface area (Å²) in [5, 5.41) is 13.8. The fourth-order valence-electron chi connectivity index (χ4n) is 1.06. The van der Waals surface area contributed by atoms with Crippen molar-refractivity contribution in [3.63, 3.8) is 0 Å². The lowest BCUT2D eigenvalue weighted by molar-refractivity contribution is -0.396. The molecule has 0 unspecified atom stereocenters. The maximum Gasteiger partial charge on any atom is 0.434 e. The van der Waals surface area contributed by atoms with Gasteiger partial charge in [-0.2, -0.15) is 0 Å². The van der Waals surface area contributed by atoms with Crippen molar-refractivity contribution in [2.75, 3.05) is 19.8 Å². The van der Waals surface area contributed by atoms with E-state index >= 15 is 0 Å². The molecular formula is C7H10N6O3. The Balaban J connectivity index is 2.29. The molecule has 1 aromatic rings. The molecule has 0 aliphatic heterocycles. The van der Waals surface area contributed by atoms with E-state index in [2.05, 4.69) is 15.0 Å². The van der Waals surface area contributed by atoms with E-state index in [0.717, 1.165) is 0 Å². The van der Waals surface area contributed by atoms with Crippen molar-refractivity contribution in [1.82, 2.24) is 9.55 Å². The molecule has 0 saturated carbocycles. The summed E-state index contributed by atoms with van der Waals surface area (Å²) < 4.78 is 6.49. The first kappa shape index (κ1) is 12.0. The topological polar surface area (TPSA) is 119 Å². The monoisotopic (exact) mass is 226 g/mol. The Kier molecular flexibility index (Phi) is 4.77. The third-order valence-electron chi connectivity index (χ3n) is 1.73. The molecule has 1 aromatic heterocycles. The number of imidazole rings is 1. The molecule has 0 aromatic carbocycles. The number of nitrogens with zero attached hydrogens (tertiary/aromatic N) is 6. The van der Waals surface area contributed by atoms with Gasteiger partial charge in [-0.15, -0.1) is 0 Å². The molecule has 0 amide bonds. The van der Waals surface area contributed by atoms with Gasteiger partial charge >= 0.3 is 5.95 Å².